The van der Waals surface area contributed by atoms with Crippen molar-refractivity contribution < 1.29 is 17.9 Å². The van der Waals surface area contributed by atoms with Gasteiger partial charge in [0.2, 0.25) is 10.0 Å². The fourth-order valence-corrected chi connectivity index (χ4v) is 4.93. The number of methoxy groups -OCH3 is 1. The van der Waals surface area contributed by atoms with Gasteiger partial charge >= 0.3 is 0 Å². The lowest BCUT2D eigenvalue weighted by molar-refractivity contribution is 0.0681. The van der Waals surface area contributed by atoms with Crippen molar-refractivity contribution in [1.82, 2.24) is 14.9 Å². The van der Waals surface area contributed by atoms with Crippen molar-refractivity contribution in [2.75, 3.05) is 27.3 Å². The normalized spacial score (nSPS) is 25.2. The number of hydrogen-bond acceptors (Lipinski definition) is 5. The van der Waals surface area contributed by atoms with Crippen molar-refractivity contribution in [3.05, 3.63) is 29.8 Å². The molecule has 0 aromatic heterocycles. The van der Waals surface area contributed by atoms with E-state index >= 15 is 0 Å². The van der Waals surface area contributed by atoms with Crippen LogP contribution >= 0.6 is 0 Å². The van der Waals surface area contributed by atoms with Gasteiger partial charge < -0.3 is 15.0 Å². The minimum atomic E-state index is -3.66. The fraction of sp³-hybridized carbons (Fsp3) is 0.611. The Morgan fingerprint density at radius 2 is 2.00 bits per heavy atom. The monoisotopic (exact) mass is 381 g/mol. The van der Waals surface area contributed by atoms with E-state index in [4.69, 9.17) is 4.74 Å². The smallest absolute Gasteiger partial charge is 0.253 e. The molecule has 1 amide bonds. The van der Waals surface area contributed by atoms with E-state index in [0.717, 1.165) is 12.8 Å². The zero-order valence-corrected chi connectivity index (χ0v) is 16.1. The van der Waals surface area contributed by atoms with Crippen molar-refractivity contribution in [3.8, 4) is 0 Å². The summed E-state index contributed by atoms with van der Waals surface area (Å²) in [6.45, 7) is 0.480. The number of hydrogen-bond donors (Lipinski definition) is 2. The van der Waals surface area contributed by atoms with E-state index in [9.17, 15) is 13.2 Å². The highest BCUT2D eigenvalue weighted by Crippen LogP contribution is 2.30. The first-order valence-electron chi connectivity index (χ1n) is 9.02. The Morgan fingerprint density at radius 3 is 2.65 bits per heavy atom. The lowest BCUT2D eigenvalue weighted by atomic mass is 9.98. The zero-order chi connectivity index (χ0) is 18.7. The van der Waals surface area contributed by atoms with Crippen molar-refractivity contribution in [2.24, 2.45) is 0 Å². The summed E-state index contributed by atoms with van der Waals surface area (Å²) in [5.74, 6) is -0.134. The minimum Gasteiger partial charge on any atom is -0.383 e. The summed E-state index contributed by atoms with van der Waals surface area (Å²) in [6.07, 6.45) is 4.25. The third-order valence-corrected chi connectivity index (χ3v) is 6.76. The molecule has 2 saturated heterocycles. The van der Waals surface area contributed by atoms with Gasteiger partial charge in [0.05, 0.1) is 11.5 Å². The van der Waals surface area contributed by atoms with E-state index in [1.807, 2.05) is 7.05 Å². The number of amides is 1. The van der Waals surface area contributed by atoms with Gasteiger partial charge in [-0.25, -0.2) is 13.1 Å². The Kier molecular flexibility index (Phi) is 5.96. The van der Waals surface area contributed by atoms with E-state index in [1.165, 1.54) is 32.1 Å². The van der Waals surface area contributed by atoms with Crippen LogP contribution in [0.25, 0.3) is 0 Å². The molecule has 0 saturated carbocycles. The molecule has 2 atom stereocenters. The van der Waals surface area contributed by atoms with Crippen LogP contribution in [0.5, 0.6) is 0 Å². The van der Waals surface area contributed by atoms with E-state index in [1.54, 1.807) is 17.0 Å². The number of nitrogens with one attached hydrogen (secondary N) is 2. The highest BCUT2D eigenvalue weighted by atomic mass is 32.2. The molecule has 2 heterocycles. The largest absolute Gasteiger partial charge is 0.383 e. The molecule has 0 radical (unpaired) electrons. The maximum Gasteiger partial charge on any atom is 0.253 e. The van der Waals surface area contributed by atoms with Crippen molar-refractivity contribution in [2.45, 2.75) is 48.7 Å². The lowest BCUT2D eigenvalue weighted by Gasteiger charge is -2.35. The predicted octanol–water partition coefficient (Wildman–Crippen LogP) is 0.966. The third-order valence-electron chi connectivity index (χ3n) is 5.31. The average molecular weight is 381 g/mol. The summed E-state index contributed by atoms with van der Waals surface area (Å²) in [5, 5.41) is 3.57. The summed E-state index contributed by atoms with van der Waals surface area (Å²) in [4.78, 5) is 14.8. The number of nitrogens with zero attached hydrogens (tertiary/aromatic N) is 1. The summed E-state index contributed by atoms with van der Waals surface area (Å²) in [7, 11) is -0.332. The lowest BCUT2D eigenvalue weighted by Crippen LogP contribution is -2.48. The molecule has 2 bridgehead atoms. The van der Waals surface area contributed by atoms with Gasteiger partial charge in [-0.05, 0) is 43.9 Å². The standard InChI is InChI=1S/C18H27N3O4S/c1-21(16-11-14-6-7-15(12-16)20-14)18(22)13-4-3-5-17(10-13)26(23,24)19-8-9-25-2/h3-5,10,14-16,19-20H,6-9,11-12H2,1-2H3. The molecule has 7 nitrogen and oxygen atoms in total. The van der Waals surface area contributed by atoms with Gasteiger partial charge in [-0.2, -0.15) is 0 Å². The van der Waals surface area contributed by atoms with Gasteiger partial charge in [-0.3, -0.25) is 4.79 Å². The number of benzene rings is 1. The Hall–Kier alpha value is -1.48. The first-order valence-corrected chi connectivity index (χ1v) is 10.5. The van der Waals surface area contributed by atoms with Crippen LogP contribution in [0.2, 0.25) is 0 Å². The number of sulfonamides is 1. The highest BCUT2D eigenvalue weighted by molar-refractivity contribution is 7.89. The first-order chi connectivity index (χ1) is 12.4. The van der Waals surface area contributed by atoms with Gasteiger partial charge in [0.1, 0.15) is 0 Å². The van der Waals surface area contributed by atoms with Gasteiger partial charge in [-0.15, -0.1) is 0 Å². The second-order valence-electron chi connectivity index (χ2n) is 7.10. The van der Waals surface area contributed by atoms with Gasteiger partial charge in [0.25, 0.3) is 5.91 Å². The average Bonchev–Trinajstić information content (AvgIpc) is 2.98. The quantitative estimate of drug-likeness (QED) is 0.687. The Bertz CT molecular complexity index is 741. The van der Waals surface area contributed by atoms with Crippen LogP contribution in [0.1, 0.15) is 36.0 Å². The molecule has 144 valence electrons. The maximum absolute atomic E-state index is 12.9. The molecule has 2 aliphatic rings. The Morgan fingerprint density at radius 1 is 1.31 bits per heavy atom. The maximum atomic E-state index is 12.9. The van der Waals surface area contributed by atoms with Gasteiger partial charge in [0, 0.05) is 44.4 Å². The Balaban J connectivity index is 1.71. The molecule has 1 aromatic carbocycles. The summed E-state index contributed by atoms with van der Waals surface area (Å²) in [5.41, 5.74) is 0.396. The van der Waals surface area contributed by atoms with Crippen molar-refractivity contribution in [3.63, 3.8) is 0 Å². The molecule has 2 fully saturated rings. The highest BCUT2D eigenvalue weighted by Gasteiger charge is 2.36. The van der Waals surface area contributed by atoms with Gasteiger partial charge in [-0.1, -0.05) is 6.07 Å². The molecular formula is C18H27N3O4S. The molecule has 0 aliphatic carbocycles. The van der Waals surface area contributed by atoms with E-state index < -0.39 is 10.0 Å². The fourth-order valence-electron chi connectivity index (χ4n) is 3.87. The number of carbonyl (C=O) groups excluding carboxylic acids is 1. The summed E-state index contributed by atoms with van der Waals surface area (Å²) >= 11 is 0. The van der Waals surface area contributed by atoms with Crippen LogP contribution in [0.4, 0.5) is 0 Å². The van der Waals surface area contributed by atoms with Crippen LogP contribution in [-0.2, 0) is 14.8 Å². The number of rotatable bonds is 7. The molecule has 8 heteroatoms. The van der Waals surface area contributed by atoms with E-state index in [2.05, 4.69) is 10.0 Å². The van der Waals surface area contributed by atoms with Crippen molar-refractivity contribution in [1.29, 1.82) is 0 Å². The van der Waals surface area contributed by atoms with Crippen LogP contribution in [0.15, 0.2) is 29.2 Å². The van der Waals surface area contributed by atoms with Crippen LogP contribution in [0.3, 0.4) is 0 Å². The molecule has 2 unspecified atom stereocenters. The number of carbonyl (C=O) groups is 1. The van der Waals surface area contributed by atoms with Crippen LogP contribution in [-0.4, -0.2) is 64.7 Å². The predicted molar refractivity (Wildman–Crippen MR) is 98.6 cm³/mol. The first kappa shape index (κ1) is 19.3. The molecule has 0 spiro atoms. The molecule has 3 rings (SSSR count). The molecule has 2 N–H and O–H groups in total. The second-order valence-corrected chi connectivity index (χ2v) is 8.86. The third kappa shape index (κ3) is 4.25. The van der Waals surface area contributed by atoms with E-state index in [-0.39, 0.29) is 23.4 Å². The molecule has 2 aliphatic heterocycles. The van der Waals surface area contributed by atoms with Crippen LogP contribution in [0, 0.1) is 0 Å². The SMILES string of the molecule is COCCNS(=O)(=O)c1cccc(C(=O)N(C)C2CC3CCC(C2)N3)c1. The number of ether oxygens (including phenoxy) is 1. The van der Waals surface area contributed by atoms with Gasteiger partial charge in [0.15, 0.2) is 0 Å². The van der Waals surface area contributed by atoms with Crippen LogP contribution < -0.4 is 10.0 Å². The topological polar surface area (TPSA) is 87.7 Å². The summed E-state index contributed by atoms with van der Waals surface area (Å²) < 4.78 is 32.0. The number of fused-ring (bicyclic) bond motifs is 2. The second kappa shape index (κ2) is 8.04. The number of piperidine rings is 1. The zero-order valence-electron chi connectivity index (χ0n) is 15.3. The molecule has 1 aromatic rings. The van der Waals surface area contributed by atoms with Crippen molar-refractivity contribution >= 4 is 15.9 Å². The van der Waals surface area contributed by atoms with E-state index in [0.29, 0.717) is 24.3 Å². The Labute approximate surface area is 155 Å². The molecule has 26 heavy (non-hydrogen) atoms. The minimum absolute atomic E-state index is 0.0956. The summed E-state index contributed by atoms with van der Waals surface area (Å²) in [6, 6.07) is 7.40. The molecular weight excluding hydrogens is 354 g/mol.